The SMILES string of the molecule is N#Cc1c(N2C(=O)C3CCC(O3)C2=O)sc2c1CCNC2. The molecule has 4 rings (SSSR count). The molecule has 2 saturated heterocycles. The number of imide groups is 1. The molecule has 1 N–H and O–H groups in total. The highest BCUT2D eigenvalue weighted by Crippen LogP contribution is 2.41. The number of morpholine rings is 1. The lowest BCUT2D eigenvalue weighted by Gasteiger charge is -2.29. The van der Waals surface area contributed by atoms with Crippen LogP contribution in [0.3, 0.4) is 0 Å². The number of rotatable bonds is 1. The molecule has 6 nitrogen and oxygen atoms in total. The van der Waals surface area contributed by atoms with Crippen LogP contribution in [-0.2, 0) is 27.3 Å². The molecular weight excluding hydrogens is 290 g/mol. The molecule has 108 valence electrons. The van der Waals surface area contributed by atoms with E-state index in [0.29, 0.717) is 30.0 Å². The molecule has 4 heterocycles. The molecule has 3 aliphatic heterocycles. The number of carbonyl (C=O) groups excluding carboxylic acids is 2. The Balaban J connectivity index is 1.83. The van der Waals surface area contributed by atoms with E-state index in [2.05, 4.69) is 11.4 Å². The molecule has 7 heteroatoms. The number of ether oxygens (including phenoxy) is 1. The highest BCUT2D eigenvalue weighted by atomic mass is 32.1. The predicted molar refractivity (Wildman–Crippen MR) is 74.8 cm³/mol. The van der Waals surface area contributed by atoms with Crippen LogP contribution in [-0.4, -0.2) is 30.6 Å². The number of thiophene rings is 1. The van der Waals surface area contributed by atoms with E-state index in [1.165, 1.54) is 16.2 Å². The lowest BCUT2D eigenvalue weighted by molar-refractivity contribution is -0.146. The van der Waals surface area contributed by atoms with E-state index >= 15 is 0 Å². The molecule has 21 heavy (non-hydrogen) atoms. The van der Waals surface area contributed by atoms with Gasteiger partial charge in [-0.25, -0.2) is 4.90 Å². The monoisotopic (exact) mass is 303 g/mol. The number of nitrogens with zero attached hydrogens (tertiary/aromatic N) is 2. The normalized spacial score (nSPS) is 27.7. The lowest BCUT2D eigenvalue weighted by atomic mass is 10.0. The molecule has 0 spiro atoms. The van der Waals surface area contributed by atoms with E-state index < -0.39 is 12.2 Å². The number of anilines is 1. The van der Waals surface area contributed by atoms with Gasteiger partial charge in [0.15, 0.2) is 0 Å². The quantitative estimate of drug-likeness (QED) is 0.772. The first-order valence-electron chi connectivity index (χ1n) is 6.99. The van der Waals surface area contributed by atoms with E-state index in [-0.39, 0.29) is 11.8 Å². The van der Waals surface area contributed by atoms with Gasteiger partial charge in [-0.05, 0) is 31.4 Å². The van der Waals surface area contributed by atoms with Crippen molar-refractivity contribution >= 4 is 28.2 Å². The fourth-order valence-corrected chi connectivity index (χ4v) is 4.47. The summed E-state index contributed by atoms with van der Waals surface area (Å²) in [6.45, 7) is 1.50. The summed E-state index contributed by atoms with van der Waals surface area (Å²) < 4.78 is 5.42. The van der Waals surface area contributed by atoms with E-state index in [1.807, 2.05) is 0 Å². The Morgan fingerprint density at radius 2 is 2.00 bits per heavy atom. The van der Waals surface area contributed by atoms with Gasteiger partial charge in [0.1, 0.15) is 23.3 Å². The highest BCUT2D eigenvalue weighted by molar-refractivity contribution is 7.17. The van der Waals surface area contributed by atoms with Gasteiger partial charge < -0.3 is 10.1 Å². The Labute approximate surface area is 125 Å². The number of fused-ring (bicyclic) bond motifs is 3. The van der Waals surface area contributed by atoms with Gasteiger partial charge in [-0.1, -0.05) is 0 Å². The minimum absolute atomic E-state index is 0.322. The third-order valence-electron chi connectivity index (χ3n) is 4.24. The summed E-state index contributed by atoms with van der Waals surface area (Å²) in [6.07, 6.45) is 0.863. The van der Waals surface area contributed by atoms with Crippen molar-refractivity contribution in [2.45, 2.75) is 38.0 Å². The first kappa shape index (κ1) is 13.0. The van der Waals surface area contributed by atoms with Crippen LogP contribution in [0, 0.1) is 11.3 Å². The molecule has 2 fully saturated rings. The maximum Gasteiger partial charge on any atom is 0.263 e. The van der Waals surface area contributed by atoms with Gasteiger partial charge >= 0.3 is 0 Å². The van der Waals surface area contributed by atoms with E-state index in [0.717, 1.165) is 23.4 Å². The molecule has 2 amide bonds. The van der Waals surface area contributed by atoms with Gasteiger partial charge in [-0.15, -0.1) is 11.3 Å². The summed E-state index contributed by atoms with van der Waals surface area (Å²) in [5.74, 6) is -0.645. The number of amides is 2. The largest absolute Gasteiger partial charge is 0.355 e. The topological polar surface area (TPSA) is 82.4 Å². The van der Waals surface area contributed by atoms with E-state index in [9.17, 15) is 14.9 Å². The number of nitrogens with one attached hydrogen (secondary N) is 1. The Morgan fingerprint density at radius 3 is 2.67 bits per heavy atom. The second-order valence-electron chi connectivity index (χ2n) is 5.43. The number of hydrogen-bond acceptors (Lipinski definition) is 6. The van der Waals surface area contributed by atoms with Gasteiger partial charge in [0, 0.05) is 11.4 Å². The van der Waals surface area contributed by atoms with Crippen LogP contribution >= 0.6 is 11.3 Å². The maximum absolute atomic E-state index is 12.4. The van der Waals surface area contributed by atoms with Gasteiger partial charge in [-0.2, -0.15) is 5.26 Å². The van der Waals surface area contributed by atoms with Crippen molar-refractivity contribution in [2.24, 2.45) is 0 Å². The fraction of sp³-hybridized carbons (Fsp3) is 0.500. The summed E-state index contributed by atoms with van der Waals surface area (Å²) in [5.41, 5.74) is 1.47. The third kappa shape index (κ3) is 1.77. The average Bonchev–Trinajstić information content (AvgIpc) is 3.09. The van der Waals surface area contributed by atoms with Crippen LogP contribution in [0.15, 0.2) is 0 Å². The van der Waals surface area contributed by atoms with Crippen molar-refractivity contribution in [3.05, 3.63) is 16.0 Å². The van der Waals surface area contributed by atoms with Crippen molar-refractivity contribution in [3.63, 3.8) is 0 Å². The van der Waals surface area contributed by atoms with Crippen molar-refractivity contribution in [1.29, 1.82) is 5.26 Å². The second kappa shape index (κ2) is 4.63. The van der Waals surface area contributed by atoms with Crippen LogP contribution in [0.1, 0.15) is 28.8 Å². The van der Waals surface area contributed by atoms with Crippen LogP contribution in [0.25, 0.3) is 0 Å². The predicted octanol–water partition coefficient (Wildman–Crippen LogP) is 0.686. The zero-order valence-corrected chi connectivity index (χ0v) is 12.0. The lowest BCUT2D eigenvalue weighted by Crippen LogP contribution is -2.51. The first-order valence-corrected chi connectivity index (χ1v) is 7.81. The third-order valence-corrected chi connectivity index (χ3v) is 5.45. The van der Waals surface area contributed by atoms with Crippen LogP contribution in [0.4, 0.5) is 5.00 Å². The Bertz CT molecular complexity index is 668. The maximum atomic E-state index is 12.4. The highest BCUT2D eigenvalue weighted by Gasteiger charge is 2.48. The molecule has 2 atom stereocenters. The van der Waals surface area contributed by atoms with Crippen molar-refractivity contribution in [2.75, 3.05) is 11.4 Å². The van der Waals surface area contributed by atoms with Crippen LogP contribution < -0.4 is 10.2 Å². The first-order chi connectivity index (χ1) is 10.2. The van der Waals surface area contributed by atoms with Gasteiger partial charge in [0.05, 0.1) is 5.56 Å². The number of carbonyl (C=O) groups is 2. The van der Waals surface area contributed by atoms with Crippen LogP contribution in [0.5, 0.6) is 0 Å². The molecule has 1 aromatic rings. The van der Waals surface area contributed by atoms with Crippen molar-refractivity contribution < 1.29 is 14.3 Å². The zero-order chi connectivity index (χ0) is 14.6. The summed E-state index contributed by atoms with van der Waals surface area (Å²) in [4.78, 5) is 27.1. The molecular formula is C14H13N3O3S. The minimum atomic E-state index is -0.531. The standard InChI is InChI=1S/C14H13N3O3S/c15-5-8-7-3-4-16-6-11(7)21-14(8)17-12(18)9-1-2-10(20-9)13(17)19/h9-10,16H,1-4,6H2. The summed E-state index contributed by atoms with van der Waals surface area (Å²) in [5, 5.41) is 13.2. The van der Waals surface area contributed by atoms with Crippen LogP contribution in [0.2, 0.25) is 0 Å². The molecule has 0 saturated carbocycles. The molecule has 0 aliphatic carbocycles. The average molecular weight is 303 g/mol. The summed E-state index contributed by atoms with van der Waals surface area (Å²) in [6, 6.07) is 2.19. The second-order valence-corrected chi connectivity index (χ2v) is 6.51. The van der Waals surface area contributed by atoms with Crippen molar-refractivity contribution in [3.8, 4) is 6.07 Å². The molecule has 3 aliphatic rings. The Morgan fingerprint density at radius 1 is 1.29 bits per heavy atom. The van der Waals surface area contributed by atoms with E-state index in [1.54, 1.807) is 0 Å². The molecule has 2 bridgehead atoms. The minimum Gasteiger partial charge on any atom is -0.355 e. The summed E-state index contributed by atoms with van der Waals surface area (Å²) in [7, 11) is 0. The molecule has 0 aromatic carbocycles. The zero-order valence-electron chi connectivity index (χ0n) is 11.2. The van der Waals surface area contributed by atoms with Crippen molar-refractivity contribution in [1.82, 2.24) is 5.32 Å². The number of nitriles is 1. The summed E-state index contributed by atoms with van der Waals surface area (Å²) >= 11 is 1.38. The molecule has 1 aromatic heterocycles. The Hall–Kier alpha value is -1.75. The number of hydrogen-bond donors (Lipinski definition) is 1. The van der Waals surface area contributed by atoms with Gasteiger partial charge in [0.25, 0.3) is 11.8 Å². The molecule has 0 radical (unpaired) electrons. The molecule has 2 unspecified atom stereocenters. The Kier molecular flexibility index (Phi) is 2.85. The van der Waals surface area contributed by atoms with Gasteiger partial charge in [0.2, 0.25) is 0 Å². The van der Waals surface area contributed by atoms with Gasteiger partial charge in [-0.3, -0.25) is 9.59 Å². The fourth-order valence-electron chi connectivity index (χ4n) is 3.19. The van der Waals surface area contributed by atoms with E-state index in [4.69, 9.17) is 4.74 Å². The smallest absolute Gasteiger partial charge is 0.263 e.